The average molecular weight is 359 g/mol. The van der Waals surface area contributed by atoms with Crippen LogP contribution in [0.3, 0.4) is 0 Å². The Balaban J connectivity index is 1.84. The van der Waals surface area contributed by atoms with E-state index < -0.39 is 0 Å². The van der Waals surface area contributed by atoms with Crippen LogP contribution in [0.2, 0.25) is 0 Å². The molecule has 0 aliphatic heterocycles. The highest BCUT2D eigenvalue weighted by Crippen LogP contribution is 2.31. The van der Waals surface area contributed by atoms with Gasteiger partial charge in [0.25, 0.3) is 0 Å². The van der Waals surface area contributed by atoms with Gasteiger partial charge in [0.1, 0.15) is 5.75 Å². The maximum absolute atomic E-state index is 5.45. The smallest absolute Gasteiger partial charge is 0.191 e. The predicted octanol–water partition coefficient (Wildman–Crippen LogP) is 2.66. The van der Waals surface area contributed by atoms with Crippen LogP contribution in [-0.2, 0) is 18.8 Å². The van der Waals surface area contributed by atoms with Gasteiger partial charge in [-0.2, -0.15) is 0 Å². The molecule has 0 atom stereocenters. The summed E-state index contributed by atoms with van der Waals surface area (Å²) in [4.78, 5) is 0. The van der Waals surface area contributed by atoms with Crippen LogP contribution in [0.1, 0.15) is 26.1 Å². The molecule has 2 aromatic heterocycles. The number of hydrogen-bond acceptors (Lipinski definition) is 7. The van der Waals surface area contributed by atoms with Gasteiger partial charge in [-0.05, 0) is 35.9 Å². The molecule has 8 nitrogen and oxygen atoms in total. The fourth-order valence-corrected chi connectivity index (χ4v) is 3.49. The molecule has 2 heterocycles. The van der Waals surface area contributed by atoms with Crippen molar-refractivity contribution in [1.82, 2.24) is 35.0 Å². The summed E-state index contributed by atoms with van der Waals surface area (Å²) in [5.41, 5.74) is 0.932. The van der Waals surface area contributed by atoms with E-state index in [0.29, 0.717) is 5.75 Å². The first-order valence-corrected chi connectivity index (χ1v) is 9.21. The second kappa shape index (κ2) is 8.11. The molecule has 3 rings (SSSR count). The molecule has 0 N–H and O–H groups in total. The van der Waals surface area contributed by atoms with Crippen LogP contribution in [0.4, 0.5) is 0 Å². The van der Waals surface area contributed by atoms with Gasteiger partial charge in [0, 0.05) is 13.1 Å². The predicted molar refractivity (Wildman–Crippen MR) is 95.4 cm³/mol. The van der Waals surface area contributed by atoms with E-state index in [2.05, 4.69) is 44.1 Å². The maximum Gasteiger partial charge on any atom is 0.191 e. The minimum atomic E-state index is 0.650. The molecule has 0 spiro atoms. The second-order valence-electron chi connectivity index (χ2n) is 5.36. The maximum atomic E-state index is 5.45. The molecule has 0 unspecified atom stereocenters. The molecule has 132 valence electrons. The van der Waals surface area contributed by atoms with Crippen molar-refractivity contribution in [3.63, 3.8) is 0 Å². The lowest BCUT2D eigenvalue weighted by atomic mass is 10.2. The first-order chi connectivity index (χ1) is 12.3. The first-order valence-electron chi connectivity index (χ1n) is 8.22. The standard InChI is InChI=1S/C16H21N7OS/c1-4-10-23-14(17-20-21-23)11-25-16-19-18-15(22(16)5-2)12-8-6-7-9-13(12)24-3/h6-9H,4-5,10-11H2,1-3H3. The van der Waals surface area contributed by atoms with Crippen LogP contribution in [-0.4, -0.2) is 42.1 Å². The summed E-state index contributed by atoms with van der Waals surface area (Å²) >= 11 is 1.58. The van der Waals surface area contributed by atoms with Crippen LogP contribution < -0.4 is 4.74 Å². The zero-order valence-electron chi connectivity index (χ0n) is 14.6. The topological polar surface area (TPSA) is 83.5 Å². The van der Waals surface area contributed by atoms with Crippen molar-refractivity contribution in [3.8, 4) is 17.1 Å². The van der Waals surface area contributed by atoms with Gasteiger partial charge in [-0.3, -0.25) is 0 Å². The summed E-state index contributed by atoms with van der Waals surface area (Å²) in [6, 6.07) is 7.83. The van der Waals surface area contributed by atoms with Gasteiger partial charge in [0.15, 0.2) is 16.8 Å². The number of aryl methyl sites for hydroxylation is 1. The number of thioether (sulfide) groups is 1. The van der Waals surface area contributed by atoms with Crippen LogP contribution in [0.15, 0.2) is 29.4 Å². The molecule has 0 aliphatic rings. The Labute approximate surface area is 150 Å². The lowest BCUT2D eigenvalue weighted by Gasteiger charge is -2.10. The Kier molecular flexibility index (Phi) is 5.64. The van der Waals surface area contributed by atoms with Crippen LogP contribution in [0.5, 0.6) is 5.75 Å². The largest absolute Gasteiger partial charge is 0.496 e. The first kappa shape index (κ1) is 17.4. The molecule has 0 saturated heterocycles. The van der Waals surface area contributed by atoms with Crippen molar-refractivity contribution in [2.45, 2.75) is 44.3 Å². The molecule has 25 heavy (non-hydrogen) atoms. The number of hydrogen-bond donors (Lipinski definition) is 0. The average Bonchev–Trinajstić information content (AvgIpc) is 3.26. The van der Waals surface area contributed by atoms with E-state index in [0.717, 1.165) is 47.6 Å². The summed E-state index contributed by atoms with van der Waals surface area (Å²) < 4.78 is 9.37. The van der Waals surface area contributed by atoms with E-state index in [1.807, 2.05) is 28.9 Å². The monoisotopic (exact) mass is 359 g/mol. The Morgan fingerprint density at radius 1 is 1.12 bits per heavy atom. The molecule has 0 saturated carbocycles. The fourth-order valence-electron chi connectivity index (χ4n) is 2.55. The van der Waals surface area contributed by atoms with E-state index >= 15 is 0 Å². The SMILES string of the molecule is CCCn1nnnc1CSc1nnc(-c2ccccc2OC)n1CC. The summed E-state index contributed by atoms with van der Waals surface area (Å²) in [6.07, 6.45) is 0.992. The molecule has 0 fully saturated rings. The number of methoxy groups -OCH3 is 1. The summed E-state index contributed by atoms with van der Waals surface area (Å²) in [7, 11) is 1.66. The minimum Gasteiger partial charge on any atom is -0.496 e. The Hall–Kier alpha value is -2.42. The van der Waals surface area contributed by atoms with Crippen molar-refractivity contribution >= 4 is 11.8 Å². The summed E-state index contributed by atoms with van der Waals surface area (Å²) in [6.45, 7) is 5.76. The number of tetrazole rings is 1. The molecule has 9 heteroatoms. The number of nitrogens with zero attached hydrogens (tertiary/aromatic N) is 7. The number of ether oxygens (including phenoxy) is 1. The van der Waals surface area contributed by atoms with E-state index in [9.17, 15) is 0 Å². The quantitative estimate of drug-likeness (QED) is 0.572. The normalized spacial score (nSPS) is 11.0. The molecule has 0 aliphatic carbocycles. The van der Waals surface area contributed by atoms with Gasteiger partial charge in [0.05, 0.1) is 18.4 Å². The molecular formula is C16H21N7OS. The van der Waals surface area contributed by atoms with E-state index in [4.69, 9.17) is 4.74 Å². The van der Waals surface area contributed by atoms with E-state index in [1.54, 1.807) is 18.9 Å². The molecule has 0 bridgehead atoms. The van der Waals surface area contributed by atoms with Gasteiger partial charge in [-0.15, -0.1) is 15.3 Å². The van der Waals surface area contributed by atoms with Crippen LogP contribution in [0, 0.1) is 0 Å². The number of rotatable bonds is 8. The Morgan fingerprint density at radius 2 is 1.96 bits per heavy atom. The Bertz CT molecular complexity index is 830. The van der Waals surface area contributed by atoms with Crippen molar-refractivity contribution in [2.24, 2.45) is 0 Å². The lowest BCUT2D eigenvalue weighted by molar-refractivity contribution is 0.416. The van der Waals surface area contributed by atoms with Crippen molar-refractivity contribution < 1.29 is 4.74 Å². The zero-order chi connectivity index (χ0) is 17.6. The number of aromatic nitrogens is 7. The third kappa shape index (κ3) is 3.65. The Morgan fingerprint density at radius 3 is 2.72 bits per heavy atom. The third-order valence-corrected chi connectivity index (χ3v) is 4.72. The third-order valence-electron chi connectivity index (χ3n) is 3.75. The van der Waals surface area contributed by atoms with Crippen LogP contribution >= 0.6 is 11.8 Å². The van der Waals surface area contributed by atoms with Crippen molar-refractivity contribution in [2.75, 3.05) is 7.11 Å². The summed E-state index contributed by atoms with van der Waals surface area (Å²) in [5.74, 6) is 3.08. The fraction of sp³-hybridized carbons (Fsp3) is 0.438. The molecule has 0 amide bonds. The second-order valence-corrected chi connectivity index (χ2v) is 6.30. The molecular weight excluding hydrogens is 338 g/mol. The highest BCUT2D eigenvalue weighted by Gasteiger charge is 2.17. The van der Waals surface area contributed by atoms with Gasteiger partial charge in [-0.1, -0.05) is 30.8 Å². The highest BCUT2D eigenvalue weighted by molar-refractivity contribution is 7.98. The zero-order valence-corrected chi connectivity index (χ0v) is 15.4. The van der Waals surface area contributed by atoms with Gasteiger partial charge in [0.2, 0.25) is 0 Å². The lowest BCUT2D eigenvalue weighted by Crippen LogP contribution is -2.05. The molecule has 0 radical (unpaired) electrons. The van der Waals surface area contributed by atoms with Crippen molar-refractivity contribution in [3.05, 3.63) is 30.1 Å². The van der Waals surface area contributed by atoms with Gasteiger partial charge < -0.3 is 9.30 Å². The number of para-hydroxylation sites is 1. The van der Waals surface area contributed by atoms with Gasteiger partial charge in [-0.25, -0.2) is 4.68 Å². The highest BCUT2D eigenvalue weighted by atomic mass is 32.2. The molecule has 1 aromatic carbocycles. The minimum absolute atomic E-state index is 0.650. The van der Waals surface area contributed by atoms with Crippen LogP contribution in [0.25, 0.3) is 11.4 Å². The van der Waals surface area contributed by atoms with Gasteiger partial charge >= 0.3 is 0 Å². The molecule has 3 aromatic rings. The number of benzene rings is 1. The van der Waals surface area contributed by atoms with E-state index in [-0.39, 0.29) is 0 Å². The summed E-state index contributed by atoms with van der Waals surface area (Å²) in [5, 5.41) is 21.5. The van der Waals surface area contributed by atoms with Crippen molar-refractivity contribution in [1.29, 1.82) is 0 Å². The van der Waals surface area contributed by atoms with E-state index in [1.165, 1.54) is 0 Å².